The van der Waals surface area contributed by atoms with E-state index in [1.165, 1.54) is 16.5 Å². The van der Waals surface area contributed by atoms with E-state index >= 15 is 0 Å². The zero-order chi connectivity index (χ0) is 34.2. The number of para-hydroxylation sites is 4. The average Bonchev–Trinajstić information content (AvgIpc) is 3.84. The Hall–Kier alpha value is -5.77. The van der Waals surface area contributed by atoms with Crippen molar-refractivity contribution in [2.24, 2.45) is 0 Å². The number of hydrogen-bond donors (Lipinski definition) is 0. The van der Waals surface area contributed by atoms with Gasteiger partial charge in [-0.05, 0) is 76.5 Å². The fourth-order valence-electron chi connectivity index (χ4n) is 7.68. The van der Waals surface area contributed by atoms with Gasteiger partial charge in [0.2, 0.25) is 0 Å². The number of pyridine rings is 1. The molecule has 0 saturated carbocycles. The van der Waals surface area contributed by atoms with Crippen LogP contribution in [0.5, 0.6) is 0 Å². The number of nitrogens with zero attached hydrogens (tertiary/aromatic N) is 5. The maximum Gasteiger partial charge on any atom is 2.00 e. The van der Waals surface area contributed by atoms with Gasteiger partial charge in [-0.25, -0.2) is 9.97 Å². The van der Waals surface area contributed by atoms with Crippen molar-refractivity contribution in [1.82, 2.24) is 24.1 Å². The van der Waals surface area contributed by atoms with E-state index in [2.05, 4.69) is 163 Å². The minimum absolute atomic E-state index is 0. The molecule has 0 unspecified atom stereocenters. The van der Waals surface area contributed by atoms with Crippen molar-refractivity contribution in [3.63, 3.8) is 0 Å². The van der Waals surface area contributed by atoms with Crippen LogP contribution in [0.15, 0.2) is 140 Å². The van der Waals surface area contributed by atoms with Gasteiger partial charge in [0.1, 0.15) is 11.6 Å². The zero-order valence-corrected chi connectivity index (χ0v) is 31.2. The first-order valence-corrected chi connectivity index (χ1v) is 17.5. The van der Waals surface area contributed by atoms with Gasteiger partial charge < -0.3 is 9.55 Å². The summed E-state index contributed by atoms with van der Waals surface area (Å²) in [4.78, 5) is 15.5. The molecule has 0 aliphatic rings. The fraction of sp³-hybridized carbons (Fsp3) is 0.0870. The number of fused-ring (bicyclic) bond motifs is 7. The van der Waals surface area contributed by atoms with Crippen molar-refractivity contribution >= 4 is 54.6 Å². The SMILES string of the molecule is Cc1ccc2c(c1)c1ccc(-c3cccc4c3nc(-c3cccc5c3[n-]c3ccccc35)n4-c3ccccc3)[c-]c1n2-c1cc(C(C)C)ccn1.[Pt+2]. The molecule has 0 N–H and O–H groups in total. The maximum absolute atomic E-state index is 5.49. The Morgan fingerprint density at radius 2 is 1.44 bits per heavy atom. The average molecular weight is 851 g/mol. The van der Waals surface area contributed by atoms with E-state index in [-0.39, 0.29) is 21.1 Å². The van der Waals surface area contributed by atoms with E-state index in [4.69, 9.17) is 15.0 Å². The second kappa shape index (κ2) is 12.5. The first kappa shape index (κ1) is 32.2. The van der Waals surface area contributed by atoms with Crippen LogP contribution in [0, 0.1) is 13.0 Å². The van der Waals surface area contributed by atoms with Crippen LogP contribution in [0.25, 0.3) is 88.7 Å². The second-order valence-electron chi connectivity index (χ2n) is 13.7. The van der Waals surface area contributed by atoms with Crippen LogP contribution in [0.3, 0.4) is 0 Å². The molecule has 0 aliphatic carbocycles. The normalized spacial score (nSPS) is 11.8. The largest absolute Gasteiger partial charge is 2.00 e. The minimum Gasteiger partial charge on any atom is -0.656 e. The Balaban J connectivity index is 0.00000360. The van der Waals surface area contributed by atoms with Gasteiger partial charge in [-0.2, -0.15) is 0 Å². The summed E-state index contributed by atoms with van der Waals surface area (Å²) in [6.45, 7) is 6.59. The van der Waals surface area contributed by atoms with E-state index in [0.717, 1.165) is 83.3 Å². The molecule has 252 valence electrons. The van der Waals surface area contributed by atoms with Gasteiger partial charge in [0, 0.05) is 23.0 Å². The third-order valence-electron chi connectivity index (χ3n) is 10.2. The summed E-state index contributed by atoms with van der Waals surface area (Å²) in [7, 11) is 0. The molecule has 6 heteroatoms. The molecule has 0 aliphatic heterocycles. The summed E-state index contributed by atoms with van der Waals surface area (Å²) in [5.41, 5.74) is 12.5. The van der Waals surface area contributed by atoms with E-state index < -0.39 is 0 Å². The summed E-state index contributed by atoms with van der Waals surface area (Å²) in [6.07, 6.45) is 1.92. The third kappa shape index (κ3) is 4.95. The number of hydrogen-bond acceptors (Lipinski definition) is 2. The van der Waals surface area contributed by atoms with Crippen LogP contribution in [-0.4, -0.2) is 19.1 Å². The van der Waals surface area contributed by atoms with Crippen LogP contribution in [0.4, 0.5) is 0 Å². The monoisotopic (exact) mass is 850 g/mol. The number of benzene rings is 6. The zero-order valence-electron chi connectivity index (χ0n) is 28.9. The summed E-state index contributed by atoms with van der Waals surface area (Å²) < 4.78 is 4.53. The van der Waals surface area contributed by atoms with Gasteiger partial charge in [-0.15, -0.1) is 34.8 Å². The van der Waals surface area contributed by atoms with Crippen molar-refractivity contribution in [2.75, 3.05) is 0 Å². The van der Waals surface area contributed by atoms with E-state index in [1.807, 2.05) is 12.3 Å². The molecule has 4 heterocycles. The Bertz CT molecular complexity index is 2960. The molecule has 4 aromatic heterocycles. The fourth-order valence-corrected chi connectivity index (χ4v) is 7.68. The molecule has 0 radical (unpaired) electrons. The second-order valence-corrected chi connectivity index (χ2v) is 13.7. The van der Waals surface area contributed by atoms with Crippen LogP contribution < -0.4 is 4.98 Å². The van der Waals surface area contributed by atoms with Crippen LogP contribution >= 0.6 is 0 Å². The van der Waals surface area contributed by atoms with E-state index in [1.54, 1.807) is 0 Å². The summed E-state index contributed by atoms with van der Waals surface area (Å²) in [5, 5.41) is 4.63. The molecule has 0 fully saturated rings. The predicted octanol–water partition coefficient (Wildman–Crippen LogP) is 11.3. The first-order chi connectivity index (χ1) is 25.0. The molecule has 0 spiro atoms. The van der Waals surface area contributed by atoms with Gasteiger partial charge in [0.15, 0.2) is 0 Å². The number of imidazole rings is 1. The molecular weight excluding hydrogens is 818 g/mol. The summed E-state index contributed by atoms with van der Waals surface area (Å²) in [6, 6.07) is 51.0. The molecular formula is C46H33N5Pt. The number of aryl methyl sites for hydroxylation is 1. The standard InChI is InChI=1S/C46H33N5.Pt/c1-28(2)30-23-24-47-43(27-30)51-40-22-19-29(3)25-38(40)35-21-20-31(26-42(35)51)33-14-10-18-41-45(33)49-46(50(41)32-11-5-4-6-12-32)37-16-9-15-36-34-13-7-8-17-39(34)48-44(36)37;/h4-25,27-28H,1-3H3;/q-2;+2. The molecule has 0 bridgehead atoms. The molecule has 0 amide bonds. The van der Waals surface area contributed by atoms with Gasteiger partial charge in [-0.3, -0.25) is 4.57 Å². The summed E-state index contributed by atoms with van der Waals surface area (Å²) >= 11 is 0. The molecule has 10 rings (SSSR count). The Labute approximate surface area is 315 Å². The van der Waals surface area contributed by atoms with Crippen LogP contribution in [0.2, 0.25) is 0 Å². The van der Waals surface area contributed by atoms with Crippen LogP contribution in [-0.2, 0) is 21.1 Å². The number of aromatic nitrogens is 5. The smallest absolute Gasteiger partial charge is 0.656 e. The Morgan fingerprint density at radius 3 is 2.31 bits per heavy atom. The van der Waals surface area contributed by atoms with Crippen molar-refractivity contribution in [3.05, 3.63) is 157 Å². The van der Waals surface area contributed by atoms with Gasteiger partial charge >= 0.3 is 21.1 Å². The number of rotatable bonds is 5. The van der Waals surface area contributed by atoms with Gasteiger partial charge in [0.05, 0.1) is 11.0 Å². The van der Waals surface area contributed by atoms with Crippen molar-refractivity contribution in [1.29, 1.82) is 0 Å². The van der Waals surface area contributed by atoms with Gasteiger partial charge in [-0.1, -0.05) is 115 Å². The van der Waals surface area contributed by atoms with Crippen molar-refractivity contribution in [2.45, 2.75) is 26.7 Å². The topological polar surface area (TPSA) is 49.7 Å². The molecule has 52 heavy (non-hydrogen) atoms. The van der Waals surface area contributed by atoms with Crippen molar-refractivity contribution < 1.29 is 21.1 Å². The minimum atomic E-state index is 0. The predicted molar refractivity (Wildman–Crippen MR) is 210 cm³/mol. The van der Waals surface area contributed by atoms with Crippen LogP contribution in [0.1, 0.15) is 30.9 Å². The molecule has 0 saturated heterocycles. The van der Waals surface area contributed by atoms with Crippen molar-refractivity contribution in [3.8, 4) is 34.0 Å². The molecule has 0 atom stereocenters. The summed E-state index contributed by atoms with van der Waals surface area (Å²) in [5.74, 6) is 2.15. The molecule has 6 aromatic carbocycles. The third-order valence-corrected chi connectivity index (χ3v) is 10.2. The maximum atomic E-state index is 5.49. The van der Waals surface area contributed by atoms with Gasteiger partial charge in [0.25, 0.3) is 0 Å². The van der Waals surface area contributed by atoms with E-state index in [0.29, 0.717) is 5.92 Å². The first-order valence-electron chi connectivity index (χ1n) is 17.5. The quantitative estimate of drug-likeness (QED) is 0.162. The Morgan fingerprint density at radius 1 is 0.654 bits per heavy atom. The van der Waals surface area contributed by atoms with E-state index in [9.17, 15) is 0 Å². The molecule has 10 aromatic rings. The Kier molecular flexibility index (Phi) is 7.71. The molecule has 5 nitrogen and oxygen atoms in total.